The number of carbonyl (C=O) groups is 2. The third kappa shape index (κ3) is 9.06. The second kappa shape index (κ2) is 16.3. The van der Waals surface area contributed by atoms with E-state index in [1.807, 2.05) is 38.3 Å². The maximum absolute atomic E-state index is 13.1. The minimum Gasteiger partial charge on any atom is -0.453 e. The standard InChI is InChI=1S/C26H34ClN7OS.C3H7NO2/c1-5-8-22(36-23(27)6-2)26(35)31-17-9-7-10-18(12-17)34-21-13-19(25-29-15-30-33-25)28-14-20(21)32-24(34)11-16(3)4;1-4-3(5)6-2/h6,8,13-18H,5,7,9-12H2,1-4H3,(H,31,35)(H,29,30,33);1-2H3,(H,4,5)/b22-8+,23-6-;. The zero-order valence-electron chi connectivity index (χ0n) is 25.1. The predicted molar refractivity (Wildman–Crippen MR) is 168 cm³/mol. The fourth-order valence-corrected chi connectivity index (χ4v) is 5.82. The van der Waals surface area contributed by atoms with E-state index in [0.29, 0.717) is 21.0 Å². The number of amides is 2. The van der Waals surface area contributed by atoms with Crippen molar-refractivity contribution in [3.8, 4) is 11.5 Å². The number of methoxy groups -OCH3 is 1. The molecule has 2 amide bonds. The Morgan fingerprint density at radius 1 is 1.31 bits per heavy atom. The highest BCUT2D eigenvalue weighted by atomic mass is 35.5. The highest BCUT2D eigenvalue weighted by Gasteiger charge is 2.29. The molecule has 0 saturated heterocycles. The van der Waals surface area contributed by atoms with Gasteiger partial charge in [-0.1, -0.05) is 56.3 Å². The van der Waals surface area contributed by atoms with Crippen LogP contribution in [0.4, 0.5) is 4.79 Å². The third-order valence-electron chi connectivity index (χ3n) is 6.68. The van der Waals surface area contributed by atoms with E-state index in [4.69, 9.17) is 16.6 Å². The average Bonchev–Trinajstić information content (AvgIpc) is 3.64. The van der Waals surface area contributed by atoms with Crippen molar-refractivity contribution in [1.29, 1.82) is 0 Å². The number of hydrogen-bond acceptors (Lipinski definition) is 8. The van der Waals surface area contributed by atoms with Gasteiger partial charge in [-0.25, -0.2) is 14.8 Å². The molecule has 0 bridgehead atoms. The van der Waals surface area contributed by atoms with Gasteiger partial charge in [-0.15, -0.1) is 0 Å². The van der Waals surface area contributed by atoms with Gasteiger partial charge in [0.1, 0.15) is 23.4 Å². The lowest BCUT2D eigenvalue weighted by Gasteiger charge is -2.32. The van der Waals surface area contributed by atoms with Crippen LogP contribution in [0.5, 0.6) is 0 Å². The Morgan fingerprint density at radius 2 is 2.10 bits per heavy atom. The zero-order chi connectivity index (χ0) is 30.6. The van der Waals surface area contributed by atoms with Crippen LogP contribution in [0.2, 0.25) is 0 Å². The van der Waals surface area contributed by atoms with Crippen LogP contribution in [-0.2, 0) is 16.0 Å². The molecule has 3 N–H and O–H groups in total. The minimum absolute atomic E-state index is 0.0535. The van der Waals surface area contributed by atoms with Crippen molar-refractivity contribution in [3.63, 3.8) is 0 Å². The molecule has 0 aromatic carbocycles. The lowest BCUT2D eigenvalue weighted by atomic mass is 9.90. The number of aromatic nitrogens is 6. The van der Waals surface area contributed by atoms with Gasteiger partial charge in [-0.05, 0) is 51.0 Å². The molecule has 3 heterocycles. The van der Waals surface area contributed by atoms with Crippen LogP contribution >= 0.6 is 23.4 Å². The van der Waals surface area contributed by atoms with Crippen LogP contribution in [0.25, 0.3) is 22.6 Å². The van der Waals surface area contributed by atoms with Crippen molar-refractivity contribution in [3.05, 3.63) is 45.8 Å². The van der Waals surface area contributed by atoms with E-state index in [1.54, 1.807) is 0 Å². The van der Waals surface area contributed by atoms with Crippen molar-refractivity contribution in [2.45, 2.75) is 78.3 Å². The van der Waals surface area contributed by atoms with Crippen molar-refractivity contribution in [2.75, 3.05) is 14.2 Å². The summed E-state index contributed by atoms with van der Waals surface area (Å²) in [6, 6.07) is 2.37. The summed E-state index contributed by atoms with van der Waals surface area (Å²) < 4.78 is 7.13. The van der Waals surface area contributed by atoms with Crippen molar-refractivity contribution < 1.29 is 14.3 Å². The molecule has 42 heavy (non-hydrogen) atoms. The molecule has 1 saturated carbocycles. The largest absolute Gasteiger partial charge is 0.453 e. The first-order chi connectivity index (χ1) is 20.2. The summed E-state index contributed by atoms with van der Waals surface area (Å²) in [4.78, 5) is 37.4. The fourth-order valence-electron chi connectivity index (χ4n) is 4.84. The first-order valence-electron chi connectivity index (χ1n) is 14.2. The van der Waals surface area contributed by atoms with E-state index in [0.717, 1.165) is 61.1 Å². The molecule has 13 heteroatoms. The monoisotopic (exact) mass is 616 g/mol. The quantitative estimate of drug-likeness (QED) is 0.245. The number of alkyl carbamates (subject to hydrolysis) is 1. The van der Waals surface area contributed by atoms with Crippen LogP contribution in [-0.4, -0.2) is 61.9 Å². The van der Waals surface area contributed by atoms with E-state index < -0.39 is 6.09 Å². The van der Waals surface area contributed by atoms with Gasteiger partial charge in [0.15, 0.2) is 5.82 Å². The van der Waals surface area contributed by atoms with Crippen LogP contribution in [0.3, 0.4) is 0 Å². The second-order valence-electron chi connectivity index (χ2n) is 10.3. The van der Waals surface area contributed by atoms with Gasteiger partial charge >= 0.3 is 6.09 Å². The second-order valence-corrected chi connectivity index (χ2v) is 12.0. The molecule has 228 valence electrons. The normalized spacial score (nSPS) is 17.5. The molecule has 3 aromatic rings. The number of carbonyl (C=O) groups excluding carboxylic acids is 2. The van der Waals surface area contributed by atoms with Gasteiger partial charge in [-0.2, -0.15) is 5.10 Å². The maximum Gasteiger partial charge on any atom is 0.406 e. The smallest absolute Gasteiger partial charge is 0.406 e. The maximum atomic E-state index is 13.1. The SMILES string of the molecule is C/C=C(/Cl)S/C(=C/CC)C(=O)NC1CCCC(n2c(CC(C)C)nc3cnc(-c4ncn[nH]4)cc32)C1.CNC(=O)OC. The molecule has 0 aliphatic heterocycles. The van der Waals surface area contributed by atoms with E-state index >= 15 is 0 Å². The van der Waals surface area contributed by atoms with Crippen molar-refractivity contribution in [1.82, 2.24) is 40.3 Å². The van der Waals surface area contributed by atoms with E-state index in [1.165, 1.54) is 32.2 Å². The minimum atomic E-state index is -0.407. The third-order valence-corrected chi connectivity index (χ3v) is 8.13. The number of H-pyrrole nitrogens is 1. The highest BCUT2D eigenvalue weighted by Crippen LogP contribution is 2.35. The van der Waals surface area contributed by atoms with E-state index in [-0.39, 0.29) is 18.0 Å². The Kier molecular flexibility index (Phi) is 12.9. The number of halogens is 1. The predicted octanol–water partition coefficient (Wildman–Crippen LogP) is 6.11. The summed E-state index contributed by atoms with van der Waals surface area (Å²) in [6.07, 6.45) is 12.2. The van der Waals surface area contributed by atoms with E-state index in [9.17, 15) is 9.59 Å². The number of nitrogens with zero attached hydrogens (tertiary/aromatic N) is 5. The Morgan fingerprint density at radius 3 is 2.69 bits per heavy atom. The highest BCUT2D eigenvalue weighted by molar-refractivity contribution is 8.08. The Labute approximate surface area is 256 Å². The number of allylic oxidation sites excluding steroid dienone is 2. The van der Waals surface area contributed by atoms with Gasteiger partial charge < -0.3 is 19.9 Å². The molecule has 0 spiro atoms. The van der Waals surface area contributed by atoms with Gasteiger partial charge in [-0.3, -0.25) is 14.9 Å². The van der Waals surface area contributed by atoms with Crippen LogP contribution in [0, 0.1) is 5.92 Å². The molecule has 2 unspecified atom stereocenters. The number of rotatable bonds is 9. The molecule has 1 aliphatic rings. The van der Waals surface area contributed by atoms with Crippen LogP contribution in [0.1, 0.15) is 71.7 Å². The van der Waals surface area contributed by atoms with Gasteiger partial charge in [0.2, 0.25) is 0 Å². The number of aromatic amines is 1. The summed E-state index contributed by atoms with van der Waals surface area (Å²) in [5.74, 6) is 2.12. The number of ether oxygens (including phenoxy) is 1. The molecule has 3 aromatic heterocycles. The van der Waals surface area contributed by atoms with Gasteiger partial charge in [0, 0.05) is 25.6 Å². The lowest BCUT2D eigenvalue weighted by molar-refractivity contribution is -0.117. The van der Waals surface area contributed by atoms with E-state index in [2.05, 4.69) is 54.0 Å². The van der Waals surface area contributed by atoms with Gasteiger partial charge in [0.25, 0.3) is 5.91 Å². The molecule has 1 aliphatic carbocycles. The van der Waals surface area contributed by atoms with Crippen LogP contribution < -0.4 is 10.6 Å². The first-order valence-corrected chi connectivity index (χ1v) is 15.4. The molecule has 1 fully saturated rings. The Balaban J connectivity index is 0.000000730. The summed E-state index contributed by atoms with van der Waals surface area (Å²) in [5.41, 5.74) is 2.67. The molecule has 0 radical (unpaired) electrons. The number of nitrogens with one attached hydrogen (secondary N) is 3. The van der Waals surface area contributed by atoms with Gasteiger partial charge in [0.05, 0.1) is 28.1 Å². The summed E-state index contributed by atoms with van der Waals surface area (Å²) in [6.45, 7) is 8.31. The first kappa shape index (κ1) is 33.1. The topological polar surface area (TPSA) is 140 Å². The summed E-state index contributed by atoms with van der Waals surface area (Å²) >= 11 is 7.53. The molecule has 2 atom stereocenters. The number of fused-ring (bicyclic) bond motifs is 1. The summed E-state index contributed by atoms with van der Waals surface area (Å²) in [7, 11) is 2.82. The number of hydrogen-bond donors (Lipinski definition) is 3. The van der Waals surface area contributed by atoms with Crippen molar-refractivity contribution in [2.24, 2.45) is 5.92 Å². The Hall–Kier alpha value is -3.38. The van der Waals surface area contributed by atoms with Crippen LogP contribution in [0.15, 0.2) is 40.0 Å². The number of pyridine rings is 1. The number of thioether (sulfide) groups is 1. The molecule has 4 rings (SSSR count). The van der Waals surface area contributed by atoms with Crippen molar-refractivity contribution >= 4 is 46.4 Å². The lowest BCUT2D eigenvalue weighted by Crippen LogP contribution is -2.39. The Bertz CT molecular complexity index is 1380. The summed E-state index contributed by atoms with van der Waals surface area (Å²) in [5, 5.41) is 12.4. The fraction of sp³-hybridized carbons (Fsp3) is 0.517. The average molecular weight is 617 g/mol. The zero-order valence-corrected chi connectivity index (χ0v) is 26.7. The molecular formula is C29H41ClN8O3S. The number of imidazole rings is 1. The molecular weight excluding hydrogens is 576 g/mol. The molecule has 11 nitrogen and oxygen atoms in total.